The average Bonchev–Trinajstić information content (AvgIpc) is 3.07. The number of phenolic OH excluding ortho intramolecular Hbond substituents is 1. The number of phenols is 1. The lowest BCUT2D eigenvalue weighted by Crippen LogP contribution is -2.26. The summed E-state index contributed by atoms with van der Waals surface area (Å²) in [4.78, 5) is 14.8. The molecule has 0 atom stereocenters. The number of aromatic hydroxyl groups is 1. The van der Waals surface area contributed by atoms with E-state index in [2.05, 4.69) is 15.9 Å². The highest BCUT2D eigenvalue weighted by atomic mass is 79.9. The van der Waals surface area contributed by atoms with Crippen molar-refractivity contribution in [2.75, 3.05) is 7.05 Å². The van der Waals surface area contributed by atoms with Gasteiger partial charge in [0.05, 0.1) is 10.0 Å². The standard InChI is InChI=1S/C24H21BrN2O2/c1-26-15-20(19-5-3-4-6-22(19)26)24(29)27(2)14-16-7-9-17(10-8-16)18-11-12-23(28)21(25)13-18/h3-13,15,28H,14H2,1-2H3. The molecule has 4 nitrogen and oxygen atoms in total. The normalized spacial score (nSPS) is 11.0. The lowest BCUT2D eigenvalue weighted by Gasteiger charge is -2.17. The Morgan fingerprint density at radius 1 is 1.03 bits per heavy atom. The third-order valence-electron chi connectivity index (χ3n) is 5.13. The first-order chi connectivity index (χ1) is 13.9. The van der Waals surface area contributed by atoms with Crippen LogP contribution in [0.25, 0.3) is 22.0 Å². The second kappa shape index (κ2) is 7.76. The monoisotopic (exact) mass is 448 g/mol. The molecule has 0 fully saturated rings. The van der Waals surface area contributed by atoms with E-state index < -0.39 is 0 Å². The van der Waals surface area contributed by atoms with Crippen molar-refractivity contribution in [3.8, 4) is 16.9 Å². The summed E-state index contributed by atoms with van der Waals surface area (Å²) < 4.78 is 2.65. The van der Waals surface area contributed by atoms with Gasteiger partial charge in [0, 0.05) is 37.7 Å². The van der Waals surface area contributed by atoms with Gasteiger partial charge in [-0.3, -0.25) is 4.79 Å². The van der Waals surface area contributed by atoms with Crippen LogP contribution < -0.4 is 0 Å². The average molecular weight is 449 g/mol. The van der Waals surface area contributed by atoms with E-state index in [1.54, 1.807) is 11.0 Å². The van der Waals surface area contributed by atoms with Crippen LogP contribution in [0.1, 0.15) is 15.9 Å². The topological polar surface area (TPSA) is 45.5 Å². The minimum atomic E-state index is 0.00772. The van der Waals surface area contributed by atoms with E-state index in [1.165, 1.54) is 0 Å². The number of nitrogens with zero attached hydrogens (tertiary/aromatic N) is 2. The predicted octanol–water partition coefficient (Wildman–Crippen LogP) is 5.59. The molecule has 1 aromatic heterocycles. The Balaban J connectivity index is 1.52. The van der Waals surface area contributed by atoms with Gasteiger partial charge in [-0.05, 0) is 50.8 Å². The Morgan fingerprint density at radius 3 is 2.45 bits per heavy atom. The lowest BCUT2D eigenvalue weighted by atomic mass is 10.0. The van der Waals surface area contributed by atoms with Crippen LogP contribution in [-0.4, -0.2) is 27.5 Å². The Hall–Kier alpha value is -3.05. The number of rotatable bonds is 4. The van der Waals surface area contributed by atoms with Crippen LogP contribution >= 0.6 is 15.9 Å². The van der Waals surface area contributed by atoms with Crippen LogP contribution in [0.4, 0.5) is 0 Å². The van der Waals surface area contributed by atoms with Gasteiger partial charge < -0.3 is 14.6 Å². The Morgan fingerprint density at radius 2 is 1.72 bits per heavy atom. The number of fused-ring (bicyclic) bond motifs is 1. The second-order valence-electron chi connectivity index (χ2n) is 7.20. The zero-order valence-corrected chi connectivity index (χ0v) is 17.8. The van der Waals surface area contributed by atoms with Crippen LogP contribution in [0.15, 0.2) is 77.4 Å². The molecule has 0 bridgehead atoms. The summed E-state index contributed by atoms with van der Waals surface area (Å²) >= 11 is 3.35. The molecule has 146 valence electrons. The molecule has 1 heterocycles. The van der Waals surface area contributed by atoms with E-state index in [0.29, 0.717) is 11.0 Å². The molecule has 0 radical (unpaired) electrons. The van der Waals surface area contributed by atoms with Crippen molar-refractivity contribution in [1.82, 2.24) is 9.47 Å². The highest BCUT2D eigenvalue weighted by Crippen LogP contribution is 2.30. The number of hydrogen-bond donors (Lipinski definition) is 1. The van der Waals surface area contributed by atoms with Gasteiger partial charge in [0.15, 0.2) is 0 Å². The molecular formula is C24H21BrN2O2. The Bertz CT molecular complexity index is 1200. The molecule has 4 aromatic rings. The number of benzene rings is 3. The molecule has 29 heavy (non-hydrogen) atoms. The highest BCUT2D eigenvalue weighted by Gasteiger charge is 2.17. The molecule has 0 saturated heterocycles. The van der Waals surface area contributed by atoms with Gasteiger partial charge in [-0.25, -0.2) is 0 Å². The maximum atomic E-state index is 13.0. The smallest absolute Gasteiger partial charge is 0.256 e. The number of halogens is 1. The van der Waals surface area contributed by atoms with Crippen molar-refractivity contribution in [3.63, 3.8) is 0 Å². The molecule has 0 spiro atoms. The first kappa shape index (κ1) is 19.3. The van der Waals surface area contributed by atoms with E-state index in [0.717, 1.165) is 33.2 Å². The van der Waals surface area contributed by atoms with Crippen LogP contribution in [0, 0.1) is 0 Å². The Kier molecular flexibility index (Phi) is 5.16. The summed E-state index contributed by atoms with van der Waals surface area (Å²) in [5.41, 5.74) is 4.89. The fourth-order valence-electron chi connectivity index (χ4n) is 3.55. The SMILES string of the molecule is CN(Cc1ccc(-c2ccc(O)c(Br)c2)cc1)C(=O)c1cn(C)c2ccccc12. The van der Waals surface area contributed by atoms with Crippen molar-refractivity contribution in [2.45, 2.75) is 6.54 Å². The number of aryl methyl sites for hydroxylation is 1. The van der Waals surface area contributed by atoms with Crippen molar-refractivity contribution >= 4 is 32.7 Å². The molecular weight excluding hydrogens is 428 g/mol. The number of carbonyl (C=O) groups excluding carboxylic acids is 1. The second-order valence-corrected chi connectivity index (χ2v) is 8.05. The summed E-state index contributed by atoms with van der Waals surface area (Å²) in [7, 11) is 3.79. The lowest BCUT2D eigenvalue weighted by molar-refractivity contribution is 0.0787. The molecule has 1 N–H and O–H groups in total. The van der Waals surface area contributed by atoms with Crippen LogP contribution in [0.3, 0.4) is 0 Å². The van der Waals surface area contributed by atoms with Gasteiger partial charge in [0.25, 0.3) is 5.91 Å². The largest absolute Gasteiger partial charge is 0.507 e. The quantitative estimate of drug-likeness (QED) is 0.442. The molecule has 0 aliphatic carbocycles. The summed E-state index contributed by atoms with van der Waals surface area (Å²) in [6, 6.07) is 21.5. The predicted molar refractivity (Wildman–Crippen MR) is 120 cm³/mol. The molecule has 5 heteroatoms. The first-order valence-corrected chi connectivity index (χ1v) is 10.1. The van der Waals surface area contributed by atoms with Crippen LogP contribution in [-0.2, 0) is 13.6 Å². The van der Waals surface area contributed by atoms with E-state index >= 15 is 0 Å². The van der Waals surface area contributed by atoms with Crippen LogP contribution in [0.5, 0.6) is 5.75 Å². The molecule has 0 unspecified atom stereocenters. The van der Waals surface area contributed by atoms with Gasteiger partial charge in [-0.15, -0.1) is 0 Å². The zero-order valence-electron chi connectivity index (χ0n) is 16.3. The molecule has 0 aliphatic rings. The molecule has 0 saturated carbocycles. The van der Waals surface area contributed by atoms with Crippen molar-refractivity contribution in [1.29, 1.82) is 0 Å². The van der Waals surface area contributed by atoms with Crippen molar-refractivity contribution < 1.29 is 9.90 Å². The summed E-state index contributed by atoms with van der Waals surface area (Å²) in [6.45, 7) is 0.529. The third-order valence-corrected chi connectivity index (χ3v) is 5.76. The van der Waals surface area contributed by atoms with Crippen molar-refractivity contribution in [3.05, 3.63) is 88.5 Å². The summed E-state index contributed by atoms with van der Waals surface area (Å²) in [5, 5.41) is 10.6. The minimum absolute atomic E-state index is 0.00772. The molecule has 4 rings (SSSR count). The fraction of sp³-hybridized carbons (Fsp3) is 0.125. The Labute approximate surface area is 178 Å². The number of carbonyl (C=O) groups is 1. The van der Waals surface area contributed by atoms with Crippen LogP contribution in [0.2, 0.25) is 0 Å². The number of para-hydroxylation sites is 1. The van der Waals surface area contributed by atoms with Gasteiger partial charge in [-0.1, -0.05) is 48.5 Å². The third kappa shape index (κ3) is 3.78. The van der Waals surface area contributed by atoms with E-state index in [1.807, 2.05) is 85.5 Å². The number of hydrogen-bond acceptors (Lipinski definition) is 2. The highest BCUT2D eigenvalue weighted by molar-refractivity contribution is 9.10. The minimum Gasteiger partial charge on any atom is -0.507 e. The summed E-state index contributed by atoms with van der Waals surface area (Å²) in [5.74, 6) is 0.229. The van der Waals surface area contributed by atoms with Gasteiger partial charge in [0.2, 0.25) is 0 Å². The number of aromatic nitrogens is 1. The van der Waals surface area contributed by atoms with Gasteiger partial charge >= 0.3 is 0 Å². The van der Waals surface area contributed by atoms with Crippen molar-refractivity contribution in [2.24, 2.45) is 7.05 Å². The first-order valence-electron chi connectivity index (χ1n) is 9.31. The molecule has 0 aliphatic heterocycles. The fourth-order valence-corrected chi connectivity index (χ4v) is 3.93. The molecule has 1 amide bonds. The summed E-state index contributed by atoms with van der Waals surface area (Å²) in [6.07, 6.45) is 1.90. The van der Waals surface area contributed by atoms with Gasteiger partial charge in [0.1, 0.15) is 5.75 Å². The maximum Gasteiger partial charge on any atom is 0.256 e. The number of amides is 1. The molecule has 3 aromatic carbocycles. The van der Waals surface area contributed by atoms with E-state index in [9.17, 15) is 9.90 Å². The zero-order chi connectivity index (χ0) is 20.5. The van der Waals surface area contributed by atoms with E-state index in [-0.39, 0.29) is 11.7 Å². The maximum absolute atomic E-state index is 13.0. The van der Waals surface area contributed by atoms with E-state index in [4.69, 9.17) is 0 Å². The van der Waals surface area contributed by atoms with Gasteiger partial charge in [-0.2, -0.15) is 0 Å².